The fraction of sp³-hybridized carbons (Fsp3) is 0.333. The maximum absolute atomic E-state index is 6.18. The highest BCUT2D eigenvalue weighted by Gasteiger charge is 2.11. The van der Waals surface area contributed by atoms with Crippen molar-refractivity contribution in [2.24, 2.45) is 0 Å². The van der Waals surface area contributed by atoms with Crippen molar-refractivity contribution in [1.29, 1.82) is 0 Å². The third-order valence-electron chi connectivity index (χ3n) is 3.62. The molecule has 0 aliphatic carbocycles. The molecule has 1 N–H and O–H groups in total. The van der Waals surface area contributed by atoms with E-state index in [1.54, 1.807) is 0 Å². The van der Waals surface area contributed by atoms with E-state index in [9.17, 15) is 0 Å². The number of hydrogen-bond acceptors (Lipinski definition) is 2. The molecule has 1 unspecified atom stereocenters. The third kappa shape index (κ3) is 3.40. The third-order valence-corrected chi connectivity index (χ3v) is 3.62. The van der Waals surface area contributed by atoms with Gasteiger partial charge in [-0.25, -0.2) is 0 Å². The van der Waals surface area contributed by atoms with Crippen LogP contribution >= 0.6 is 0 Å². The second-order valence-electron chi connectivity index (χ2n) is 5.09. The lowest BCUT2D eigenvalue weighted by Crippen LogP contribution is -2.06. The van der Waals surface area contributed by atoms with Crippen LogP contribution in [0, 0.1) is 0 Å². The Balaban J connectivity index is 2.30. The molecule has 1 atom stereocenters. The highest BCUT2D eigenvalue weighted by atomic mass is 16.5. The quantitative estimate of drug-likeness (QED) is 0.820. The molecule has 0 spiro atoms. The molecule has 2 nitrogen and oxygen atoms in total. The summed E-state index contributed by atoms with van der Waals surface area (Å²) < 4.78 is 6.18. The van der Waals surface area contributed by atoms with Gasteiger partial charge in [-0.2, -0.15) is 0 Å². The molecular formula is C18H23NO. The minimum Gasteiger partial charge on any atom is -0.457 e. The van der Waals surface area contributed by atoms with Crippen LogP contribution in [0.1, 0.15) is 37.3 Å². The number of nitrogens with one attached hydrogen (secondary N) is 1. The van der Waals surface area contributed by atoms with Crippen LogP contribution in [0.5, 0.6) is 11.5 Å². The SMILES string of the molecule is CCC(C)c1ccccc1Oc1ccccc1CNC. The summed E-state index contributed by atoms with van der Waals surface area (Å²) in [5.74, 6) is 2.39. The van der Waals surface area contributed by atoms with E-state index in [0.29, 0.717) is 5.92 Å². The van der Waals surface area contributed by atoms with Crippen LogP contribution in [0.25, 0.3) is 0 Å². The first-order valence-electron chi connectivity index (χ1n) is 7.25. The van der Waals surface area contributed by atoms with Gasteiger partial charge in [0.15, 0.2) is 0 Å². The Labute approximate surface area is 121 Å². The Morgan fingerprint density at radius 1 is 1.00 bits per heavy atom. The molecule has 2 aromatic rings. The molecule has 2 rings (SSSR count). The van der Waals surface area contributed by atoms with Crippen LogP contribution in [0.2, 0.25) is 0 Å². The second-order valence-corrected chi connectivity index (χ2v) is 5.09. The number of hydrogen-bond donors (Lipinski definition) is 1. The average Bonchev–Trinajstić information content (AvgIpc) is 2.49. The van der Waals surface area contributed by atoms with Crippen molar-refractivity contribution < 1.29 is 4.74 Å². The van der Waals surface area contributed by atoms with Crippen LogP contribution in [0.15, 0.2) is 48.5 Å². The minimum absolute atomic E-state index is 0.502. The number of rotatable bonds is 6. The standard InChI is InChI=1S/C18H23NO/c1-4-14(2)16-10-6-8-12-18(16)20-17-11-7-5-9-15(17)13-19-3/h5-12,14,19H,4,13H2,1-3H3. The number of para-hydroxylation sites is 2. The van der Waals surface area contributed by atoms with Crippen molar-refractivity contribution in [3.8, 4) is 11.5 Å². The van der Waals surface area contributed by atoms with E-state index in [-0.39, 0.29) is 0 Å². The highest BCUT2D eigenvalue weighted by Crippen LogP contribution is 2.33. The number of benzene rings is 2. The van der Waals surface area contributed by atoms with Crippen molar-refractivity contribution in [3.05, 3.63) is 59.7 Å². The van der Waals surface area contributed by atoms with Gasteiger partial charge in [-0.05, 0) is 37.1 Å². The molecule has 20 heavy (non-hydrogen) atoms. The zero-order valence-corrected chi connectivity index (χ0v) is 12.5. The zero-order valence-electron chi connectivity index (χ0n) is 12.5. The van der Waals surface area contributed by atoms with E-state index in [1.807, 2.05) is 31.3 Å². The van der Waals surface area contributed by atoms with Crippen LogP contribution < -0.4 is 10.1 Å². The molecule has 2 aromatic carbocycles. The van der Waals surface area contributed by atoms with Gasteiger partial charge in [-0.1, -0.05) is 50.2 Å². The maximum Gasteiger partial charge on any atom is 0.131 e. The fourth-order valence-corrected chi connectivity index (χ4v) is 2.26. The van der Waals surface area contributed by atoms with Gasteiger partial charge in [0, 0.05) is 12.1 Å². The monoisotopic (exact) mass is 269 g/mol. The highest BCUT2D eigenvalue weighted by molar-refractivity contribution is 5.42. The summed E-state index contributed by atoms with van der Waals surface area (Å²) in [5, 5.41) is 3.18. The van der Waals surface area contributed by atoms with Crippen molar-refractivity contribution in [2.45, 2.75) is 32.7 Å². The van der Waals surface area contributed by atoms with Crippen molar-refractivity contribution >= 4 is 0 Å². The Kier molecular flexibility index (Phi) is 5.19. The molecular weight excluding hydrogens is 246 g/mol. The smallest absolute Gasteiger partial charge is 0.131 e. The number of ether oxygens (including phenoxy) is 1. The van der Waals surface area contributed by atoms with Crippen molar-refractivity contribution in [3.63, 3.8) is 0 Å². The molecule has 0 fully saturated rings. The second kappa shape index (κ2) is 7.11. The van der Waals surface area contributed by atoms with Gasteiger partial charge in [0.1, 0.15) is 11.5 Å². The molecule has 106 valence electrons. The Hall–Kier alpha value is -1.80. The predicted molar refractivity (Wildman–Crippen MR) is 84.4 cm³/mol. The van der Waals surface area contributed by atoms with Gasteiger partial charge < -0.3 is 10.1 Å². The summed E-state index contributed by atoms with van der Waals surface area (Å²) in [6, 6.07) is 16.5. The molecule has 0 aliphatic heterocycles. The molecule has 0 bridgehead atoms. The Bertz CT molecular complexity index is 551. The van der Waals surface area contributed by atoms with Gasteiger partial charge in [-0.15, -0.1) is 0 Å². The zero-order chi connectivity index (χ0) is 14.4. The van der Waals surface area contributed by atoms with Crippen LogP contribution in [0.3, 0.4) is 0 Å². The summed E-state index contributed by atoms with van der Waals surface area (Å²) in [6.45, 7) is 5.25. The molecule has 0 aliphatic rings. The topological polar surface area (TPSA) is 21.3 Å². The van der Waals surface area contributed by atoms with Gasteiger partial charge in [0.05, 0.1) is 0 Å². The van der Waals surface area contributed by atoms with Gasteiger partial charge in [0.2, 0.25) is 0 Å². The predicted octanol–water partition coefficient (Wildman–Crippen LogP) is 4.71. The van der Waals surface area contributed by atoms with Crippen LogP contribution in [0.4, 0.5) is 0 Å². The van der Waals surface area contributed by atoms with E-state index < -0.39 is 0 Å². The van der Waals surface area contributed by atoms with Gasteiger partial charge >= 0.3 is 0 Å². The molecule has 2 heteroatoms. The van der Waals surface area contributed by atoms with Gasteiger partial charge in [0.25, 0.3) is 0 Å². The first-order valence-corrected chi connectivity index (χ1v) is 7.25. The summed E-state index contributed by atoms with van der Waals surface area (Å²) in [7, 11) is 1.95. The largest absolute Gasteiger partial charge is 0.457 e. The van der Waals surface area contributed by atoms with Crippen LogP contribution in [-0.4, -0.2) is 7.05 Å². The first kappa shape index (κ1) is 14.6. The summed E-state index contributed by atoms with van der Waals surface area (Å²) in [4.78, 5) is 0. The van der Waals surface area contributed by atoms with Gasteiger partial charge in [-0.3, -0.25) is 0 Å². The lowest BCUT2D eigenvalue weighted by molar-refractivity contribution is 0.463. The molecule has 0 saturated heterocycles. The van der Waals surface area contributed by atoms with Crippen molar-refractivity contribution in [1.82, 2.24) is 5.32 Å². The normalized spacial score (nSPS) is 12.2. The Morgan fingerprint density at radius 3 is 2.35 bits per heavy atom. The van der Waals surface area contributed by atoms with E-state index in [2.05, 4.69) is 43.4 Å². The van der Waals surface area contributed by atoms with Crippen molar-refractivity contribution in [2.75, 3.05) is 7.05 Å². The lowest BCUT2D eigenvalue weighted by atomic mass is 9.98. The maximum atomic E-state index is 6.18. The fourth-order valence-electron chi connectivity index (χ4n) is 2.26. The van der Waals surface area contributed by atoms with E-state index >= 15 is 0 Å². The van der Waals surface area contributed by atoms with Crippen LogP contribution in [-0.2, 0) is 6.54 Å². The molecule has 0 saturated carbocycles. The molecule has 0 heterocycles. The summed E-state index contributed by atoms with van der Waals surface area (Å²) >= 11 is 0. The molecule has 0 amide bonds. The van der Waals surface area contributed by atoms with E-state index in [0.717, 1.165) is 24.5 Å². The lowest BCUT2D eigenvalue weighted by Gasteiger charge is -2.17. The minimum atomic E-state index is 0.502. The van der Waals surface area contributed by atoms with E-state index in [4.69, 9.17) is 4.74 Å². The molecule has 0 aromatic heterocycles. The summed E-state index contributed by atoms with van der Waals surface area (Å²) in [5.41, 5.74) is 2.45. The summed E-state index contributed by atoms with van der Waals surface area (Å²) in [6.07, 6.45) is 1.11. The van der Waals surface area contributed by atoms with E-state index in [1.165, 1.54) is 11.1 Å². The Morgan fingerprint density at radius 2 is 1.65 bits per heavy atom. The molecule has 0 radical (unpaired) electrons. The average molecular weight is 269 g/mol. The first-order chi connectivity index (χ1) is 9.76.